The van der Waals surface area contributed by atoms with E-state index in [1.807, 2.05) is 31.2 Å². The number of ether oxygens (including phenoxy) is 1. The molecule has 0 radical (unpaired) electrons. The van der Waals surface area contributed by atoms with Crippen LogP contribution in [0.15, 0.2) is 54.6 Å². The fraction of sp³-hybridized carbons (Fsp3) is 0.200. The van der Waals surface area contributed by atoms with Crippen molar-refractivity contribution in [2.75, 3.05) is 26.0 Å². The van der Waals surface area contributed by atoms with Crippen molar-refractivity contribution in [1.29, 1.82) is 0 Å². The van der Waals surface area contributed by atoms with Crippen molar-refractivity contribution < 1.29 is 14.3 Å². The lowest BCUT2D eigenvalue weighted by Crippen LogP contribution is -2.21. The van der Waals surface area contributed by atoms with Crippen molar-refractivity contribution >= 4 is 23.6 Å². The maximum absolute atomic E-state index is 12.0. The number of benzene rings is 2. The Balaban J connectivity index is 1.94. The summed E-state index contributed by atoms with van der Waals surface area (Å²) < 4.78 is 5.38. The van der Waals surface area contributed by atoms with Crippen LogP contribution in [0.25, 0.3) is 6.08 Å². The fourth-order valence-electron chi connectivity index (χ4n) is 2.15. The van der Waals surface area contributed by atoms with Crippen LogP contribution in [0.1, 0.15) is 22.8 Å². The predicted octanol–water partition coefficient (Wildman–Crippen LogP) is 3.44. The summed E-state index contributed by atoms with van der Waals surface area (Å²) in [7, 11) is 3.40. The number of carbonyl (C=O) groups is 2. The van der Waals surface area contributed by atoms with Gasteiger partial charge in [-0.05, 0) is 55.0 Å². The molecule has 0 saturated carbocycles. The van der Waals surface area contributed by atoms with Crippen molar-refractivity contribution in [3.63, 3.8) is 0 Å². The van der Waals surface area contributed by atoms with E-state index in [0.29, 0.717) is 17.9 Å². The van der Waals surface area contributed by atoms with Gasteiger partial charge < -0.3 is 15.0 Å². The van der Waals surface area contributed by atoms with Crippen LogP contribution >= 0.6 is 0 Å². The van der Waals surface area contributed by atoms with Gasteiger partial charge in [0.15, 0.2) is 0 Å². The highest BCUT2D eigenvalue weighted by atomic mass is 16.5. The molecule has 2 aromatic carbocycles. The van der Waals surface area contributed by atoms with Gasteiger partial charge in [-0.15, -0.1) is 0 Å². The molecule has 0 aliphatic heterocycles. The second kappa shape index (κ2) is 8.68. The lowest BCUT2D eigenvalue weighted by Gasteiger charge is -2.10. The summed E-state index contributed by atoms with van der Waals surface area (Å²) in [6, 6.07) is 14.3. The van der Waals surface area contributed by atoms with Crippen LogP contribution in [0.4, 0.5) is 5.69 Å². The van der Waals surface area contributed by atoms with Crippen molar-refractivity contribution in [3.8, 4) is 5.75 Å². The second-order valence-electron chi connectivity index (χ2n) is 5.60. The molecule has 25 heavy (non-hydrogen) atoms. The number of anilines is 1. The number of nitrogens with one attached hydrogen (secondary N) is 1. The van der Waals surface area contributed by atoms with Crippen molar-refractivity contribution in [2.45, 2.75) is 6.92 Å². The van der Waals surface area contributed by atoms with E-state index in [9.17, 15) is 9.59 Å². The third-order valence-electron chi connectivity index (χ3n) is 3.42. The third kappa shape index (κ3) is 5.49. The Labute approximate surface area is 147 Å². The van der Waals surface area contributed by atoms with Crippen molar-refractivity contribution in [1.82, 2.24) is 4.90 Å². The zero-order valence-electron chi connectivity index (χ0n) is 14.7. The zero-order chi connectivity index (χ0) is 18.2. The summed E-state index contributed by atoms with van der Waals surface area (Å²) in [6.07, 6.45) is 3.20. The van der Waals surface area contributed by atoms with E-state index in [-0.39, 0.29) is 11.8 Å². The number of nitrogens with zero attached hydrogens (tertiary/aromatic N) is 1. The van der Waals surface area contributed by atoms with E-state index < -0.39 is 0 Å². The Bertz CT molecular complexity index is 748. The number of carbonyl (C=O) groups excluding carboxylic acids is 2. The quantitative estimate of drug-likeness (QED) is 0.821. The van der Waals surface area contributed by atoms with E-state index in [2.05, 4.69) is 5.32 Å². The van der Waals surface area contributed by atoms with Crippen molar-refractivity contribution in [3.05, 3.63) is 65.7 Å². The second-order valence-corrected chi connectivity index (χ2v) is 5.60. The van der Waals surface area contributed by atoms with E-state index >= 15 is 0 Å². The van der Waals surface area contributed by atoms with E-state index in [1.54, 1.807) is 44.4 Å². The van der Waals surface area contributed by atoms with E-state index in [4.69, 9.17) is 4.74 Å². The lowest BCUT2D eigenvalue weighted by atomic mass is 10.2. The highest BCUT2D eigenvalue weighted by molar-refractivity contribution is 6.02. The minimum Gasteiger partial charge on any atom is -0.494 e. The Morgan fingerprint density at radius 3 is 2.24 bits per heavy atom. The third-order valence-corrected chi connectivity index (χ3v) is 3.42. The highest BCUT2D eigenvalue weighted by Gasteiger charge is 2.07. The maximum Gasteiger partial charge on any atom is 0.253 e. The molecule has 0 aliphatic carbocycles. The molecule has 2 aromatic rings. The average molecular weight is 338 g/mol. The number of rotatable bonds is 6. The number of hydrogen-bond donors (Lipinski definition) is 1. The van der Waals surface area contributed by atoms with Gasteiger partial charge >= 0.3 is 0 Å². The maximum atomic E-state index is 12.0. The summed E-state index contributed by atoms with van der Waals surface area (Å²) >= 11 is 0. The first-order valence-electron chi connectivity index (χ1n) is 8.03. The Morgan fingerprint density at radius 1 is 1.04 bits per heavy atom. The van der Waals surface area contributed by atoms with Crippen molar-refractivity contribution in [2.24, 2.45) is 0 Å². The van der Waals surface area contributed by atoms with Gasteiger partial charge in [-0.3, -0.25) is 9.59 Å². The Morgan fingerprint density at radius 2 is 1.68 bits per heavy atom. The summed E-state index contributed by atoms with van der Waals surface area (Å²) in [5, 5.41) is 2.76. The Hall–Kier alpha value is -3.08. The smallest absolute Gasteiger partial charge is 0.253 e. The molecule has 0 spiro atoms. The summed E-state index contributed by atoms with van der Waals surface area (Å²) in [6.45, 7) is 2.55. The monoisotopic (exact) mass is 338 g/mol. The summed E-state index contributed by atoms with van der Waals surface area (Å²) in [5.41, 5.74) is 2.12. The fourth-order valence-corrected chi connectivity index (χ4v) is 2.15. The molecule has 0 fully saturated rings. The van der Waals surface area contributed by atoms with Gasteiger partial charge in [0, 0.05) is 31.4 Å². The van der Waals surface area contributed by atoms with Crippen LogP contribution < -0.4 is 10.1 Å². The molecule has 5 nitrogen and oxygen atoms in total. The molecular weight excluding hydrogens is 316 g/mol. The first-order valence-corrected chi connectivity index (χ1v) is 8.03. The number of amides is 2. The molecule has 1 N–H and O–H groups in total. The van der Waals surface area contributed by atoms with Crippen LogP contribution in [0, 0.1) is 0 Å². The molecule has 2 amide bonds. The summed E-state index contributed by atoms with van der Waals surface area (Å²) in [5.74, 6) is 0.491. The van der Waals surface area contributed by atoms with E-state index in [0.717, 1.165) is 11.3 Å². The number of hydrogen-bond acceptors (Lipinski definition) is 3. The standard InChI is InChI=1S/C20H22N2O3/c1-4-25-18-12-5-15(6-13-18)7-14-19(23)21-17-10-8-16(9-11-17)20(24)22(2)3/h5-14H,4H2,1-3H3,(H,21,23)/b14-7+. The van der Waals surface area contributed by atoms with Gasteiger partial charge in [0.2, 0.25) is 5.91 Å². The molecule has 0 saturated heterocycles. The molecule has 2 rings (SSSR count). The minimum atomic E-state index is -0.236. The van der Waals surface area contributed by atoms with Gasteiger partial charge in [0.1, 0.15) is 5.75 Å². The summed E-state index contributed by atoms with van der Waals surface area (Å²) in [4.78, 5) is 25.3. The van der Waals surface area contributed by atoms with Gasteiger partial charge in [-0.1, -0.05) is 12.1 Å². The molecule has 0 heterocycles. The largest absolute Gasteiger partial charge is 0.494 e. The van der Waals surface area contributed by atoms with Gasteiger partial charge in [0.25, 0.3) is 5.91 Å². The molecule has 0 bridgehead atoms. The van der Waals surface area contributed by atoms with Crippen LogP contribution in [0.5, 0.6) is 5.75 Å². The van der Waals surface area contributed by atoms with Crippen LogP contribution in [-0.2, 0) is 4.79 Å². The topological polar surface area (TPSA) is 58.6 Å². The molecular formula is C20H22N2O3. The SMILES string of the molecule is CCOc1ccc(/C=C/C(=O)Nc2ccc(C(=O)N(C)C)cc2)cc1. The van der Waals surface area contributed by atoms with Crippen LogP contribution in [0.3, 0.4) is 0 Å². The minimum absolute atomic E-state index is 0.0757. The molecule has 0 unspecified atom stereocenters. The van der Waals surface area contributed by atoms with Crippen LogP contribution in [-0.4, -0.2) is 37.4 Å². The molecule has 0 atom stereocenters. The molecule has 0 aliphatic rings. The molecule has 0 aromatic heterocycles. The average Bonchev–Trinajstić information content (AvgIpc) is 2.61. The lowest BCUT2D eigenvalue weighted by molar-refractivity contribution is -0.111. The van der Waals surface area contributed by atoms with E-state index in [1.165, 1.54) is 11.0 Å². The molecule has 5 heteroatoms. The highest BCUT2D eigenvalue weighted by Crippen LogP contribution is 2.14. The Kier molecular flexibility index (Phi) is 6.34. The first kappa shape index (κ1) is 18.3. The van der Waals surface area contributed by atoms with Crippen LogP contribution in [0.2, 0.25) is 0 Å². The van der Waals surface area contributed by atoms with Gasteiger partial charge in [0.05, 0.1) is 6.61 Å². The van der Waals surface area contributed by atoms with Gasteiger partial charge in [-0.25, -0.2) is 0 Å². The normalized spacial score (nSPS) is 10.5. The first-order chi connectivity index (χ1) is 12.0. The van der Waals surface area contributed by atoms with Gasteiger partial charge in [-0.2, -0.15) is 0 Å². The predicted molar refractivity (Wildman–Crippen MR) is 99.7 cm³/mol. The zero-order valence-corrected chi connectivity index (χ0v) is 14.7. The molecule has 130 valence electrons.